The van der Waals surface area contributed by atoms with Gasteiger partial charge in [-0.15, -0.1) is 0 Å². The van der Waals surface area contributed by atoms with E-state index in [1.165, 1.54) is 12.1 Å². The van der Waals surface area contributed by atoms with Crippen molar-refractivity contribution in [3.05, 3.63) is 54.1 Å². The summed E-state index contributed by atoms with van der Waals surface area (Å²) < 4.78 is 62.6. The molecule has 0 radical (unpaired) electrons. The number of benzene rings is 2. The second-order valence-corrected chi connectivity index (χ2v) is 6.25. The molecule has 21 heavy (non-hydrogen) atoms. The highest BCUT2D eigenvalue weighted by Gasteiger charge is 2.31. The van der Waals surface area contributed by atoms with Gasteiger partial charge in [-0.25, -0.2) is 8.42 Å². The summed E-state index contributed by atoms with van der Waals surface area (Å²) in [4.78, 5) is -0.435. The fraction of sp³-hybridized carbons (Fsp3) is 0.143. The van der Waals surface area contributed by atoms with E-state index in [1.54, 1.807) is 19.2 Å². The van der Waals surface area contributed by atoms with Gasteiger partial charge in [-0.1, -0.05) is 6.07 Å². The van der Waals surface area contributed by atoms with Gasteiger partial charge < -0.3 is 5.32 Å². The molecule has 2 aromatic rings. The molecule has 0 aliphatic carbocycles. The third kappa shape index (κ3) is 3.18. The van der Waals surface area contributed by atoms with Gasteiger partial charge in [0.15, 0.2) is 0 Å². The first-order valence-corrected chi connectivity index (χ1v) is 7.43. The van der Waals surface area contributed by atoms with Crippen molar-refractivity contribution < 1.29 is 21.6 Å². The van der Waals surface area contributed by atoms with Gasteiger partial charge in [-0.2, -0.15) is 13.2 Å². The van der Waals surface area contributed by atoms with Crippen molar-refractivity contribution in [3.8, 4) is 0 Å². The number of hydrogen-bond acceptors (Lipinski definition) is 3. The number of hydrogen-bond donors (Lipinski definition) is 1. The van der Waals surface area contributed by atoms with Crippen molar-refractivity contribution >= 4 is 15.5 Å². The van der Waals surface area contributed by atoms with Crippen molar-refractivity contribution in [2.45, 2.75) is 16.0 Å². The van der Waals surface area contributed by atoms with Gasteiger partial charge in [-0.05, 0) is 42.5 Å². The van der Waals surface area contributed by atoms with Crippen LogP contribution in [0.4, 0.5) is 18.9 Å². The summed E-state index contributed by atoms with van der Waals surface area (Å²) in [5, 5.41) is 2.83. The Morgan fingerprint density at radius 1 is 0.952 bits per heavy atom. The van der Waals surface area contributed by atoms with Crippen LogP contribution in [-0.2, 0) is 16.0 Å². The fourth-order valence-electron chi connectivity index (χ4n) is 1.78. The quantitative estimate of drug-likeness (QED) is 0.941. The van der Waals surface area contributed by atoms with Gasteiger partial charge in [0.05, 0.1) is 15.4 Å². The van der Waals surface area contributed by atoms with Gasteiger partial charge in [0, 0.05) is 12.7 Å². The smallest absolute Gasteiger partial charge is 0.388 e. The number of alkyl halides is 3. The summed E-state index contributed by atoms with van der Waals surface area (Å²) in [6.07, 6.45) is -4.58. The molecule has 0 aliphatic heterocycles. The molecular formula is C14H12F3NO2S. The Labute approximate surface area is 120 Å². The Hall–Kier alpha value is -2.02. The van der Waals surface area contributed by atoms with Crippen LogP contribution in [0.5, 0.6) is 0 Å². The zero-order valence-electron chi connectivity index (χ0n) is 11.0. The van der Waals surface area contributed by atoms with Crippen molar-refractivity contribution in [1.82, 2.24) is 0 Å². The number of rotatable bonds is 3. The summed E-state index contributed by atoms with van der Waals surface area (Å²) in [5.41, 5.74) is -0.284. The van der Waals surface area contributed by atoms with Gasteiger partial charge in [0.2, 0.25) is 9.84 Å². The van der Waals surface area contributed by atoms with Crippen LogP contribution in [-0.4, -0.2) is 15.5 Å². The molecule has 0 saturated carbocycles. The molecule has 1 N–H and O–H groups in total. The lowest BCUT2D eigenvalue weighted by Crippen LogP contribution is -2.08. The Kier molecular flexibility index (Phi) is 3.95. The summed E-state index contributed by atoms with van der Waals surface area (Å²) in [6.45, 7) is 0. The molecule has 0 amide bonds. The third-order valence-corrected chi connectivity index (χ3v) is 4.69. The van der Waals surface area contributed by atoms with Crippen LogP contribution in [0.15, 0.2) is 58.3 Å². The Bertz CT molecular complexity index is 738. The van der Waals surface area contributed by atoms with Crippen LogP contribution < -0.4 is 5.32 Å². The molecule has 0 aliphatic rings. The lowest BCUT2D eigenvalue weighted by Gasteiger charge is -2.10. The highest BCUT2D eigenvalue weighted by Crippen LogP contribution is 2.32. The van der Waals surface area contributed by atoms with Crippen LogP contribution in [0.25, 0.3) is 0 Å². The minimum atomic E-state index is -4.58. The maximum Gasteiger partial charge on any atom is 0.416 e. The average molecular weight is 315 g/mol. The molecule has 0 unspecified atom stereocenters. The van der Waals surface area contributed by atoms with E-state index in [4.69, 9.17) is 0 Å². The molecule has 3 nitrogen and oxygen atoms in total. The first kappa shape index (κ1) is 15.4. The normalized spacial score (nSPS) is 12.2. The molecule has 0 fully saturated rings. The first-order chi connectivity index (χ1) is 9.75. The summed E-state index contributed by atoms with van der Waals surface area (Å²) in [7, 11) is -2.30. The number of nitrogens with one attached hydrogen (secondary N) is 1. The van der Waals surface area contributed by atoms with Crippen molar-refractivity contribution in [2.75, 3.05) is 12.4 Å². The van der Waals surface area contributed by atoms with E-state index in [2.05, 4.69) is 5.32 Å². The lowest BCUT2D eigenvalue weighted by atomic mass is 10.2. The monoisotopic (exact) mass is 315 g/mol. The summed E-state index contributed by atoms with van der Waals surface area (Å²) in [6, 6.07) is 9.49. The molecule has 0 bridgehead atoms. The number of halogens is 3. The molecule has 112 valence electrons. The number of sulfone groups is 1. The molecule has 0 saturated heterocycles. The molecule has 0 spiro atoms. The molecule has 0 aromatic heterocycles. The number of anilines is 1. The van der Waals surface area contributed by atoms with Crippen LogP contribution in [0.1, 0.15) is 5.56 Å². The van der Waals surface area contributed by atoms with Crippen molar-refractivity contribution in [1.29, 1.82) is 0 Å². The van der Waals surface area contributed by atoms with Gasteiger partial charge in [0.1, 0.15) is 0 Å². The van der Waals surface area contributed by atoms with Gasteiger partial charge in [-0.3, -0.25) is 0 Å². The zero-order valence-corrected chi connectivity index (χ0v) is 11.8. The SMILES string of the molecule is CNc1ccc(S(=O)(=O)c2cccc(C(F)(F)F)c2)cc1. The maximum absolute atomic E-state index is 12.7. The largest absolute Gasteiger partial charge is 0.416 e. The highest BCUT2D eigenvalue weighted by molar-refractivity contribution is 7.91. The third-order valence-electron chi connectivity index (χ3n) is 2.92. The minimum absolute atomic E-state index is 0.0548. The van der Waals surface area contributed by atoms with Crippen LogP contribution >= 0.6 is 0 Å². The van der Waals surface area contributed by atoms with E-state index in [0.717, 1.165) is 18.2 Å². The highest BCUT2D eigenvalue weighted by atomic mass is 32.2. The van der Waals surface area contributed by atoms with E-state index in [-0.39, 0.29) is 9.79 Å². The predicted octanol–water partition coefficient (Wildman–Crippen LogP) is 3.58. The van der Waals surface area contributed by atoms with Crippen molar-refractivity contribution in [2.24, 2.45) is 0 Å². The van der Waals surface area contributed by atoms with E-state index in [1.807, 2.05) is 0 Å². The molecule has 0 heterocycles. The predicted molar refractivity (Wildman–Crippen MR) is 72.9 cm³/mol. The average Bonchev–Trinajstić information content (AvgIpc) is 2.46. The molecule has 2 rings (SSSR count). The molecule has 2 aromatic carbocycles. The van der Waals surface area contributed by atoms with Crippen LogP contribution in [0.2, 0.25) is 0 Å². The molecule has 0 atom stereocenters. The topological polar surface area (TPSA) is 46.2 Å². The standard InChI is InChI=1S/C14H12F3NO2S/c1-18-11-5-7-12(8-6-11)21(19,20)13-4-2-3-10(9-13)14(15,16)17/h2-9,18H,1H3. The van der Waals surface area contributed by atoms with E-state index >= 15 is 0 Å². The lowest BCUT2D eigenvalue weighted by molar-refractivity contribution is -0.137. The Balaban J connectivity index is 2.48. The van der Waals surface area contributed by atoms with Crippen LogP contribution in [0.3, 0.4) is 0 Å². The van der Waals surface area contributed by atoms with E-state index in [0.29, 0.717) is 11.8 Å². The zero-order chi connectivity index (χ0) is 15.7. The summed E-state index contributed by atoms with van der Waals surface area (Å²) in [5.74, 6) is 0. The molecule has 7 heteroatoms. The second-order valence-electron chi connectivity index (χ2n) is 4.30. The fourth-order valence-corrected chi connectivity index (χ4v) is 3.08. The first-order valence-electron chi connectivity index (χ1n) is 5.95. The van der Waals surface area contributed by atoms with Gasteiger partial charge in [0.25, 0.3) is 0 Å². The van der Waals surface area contributed by atoms with Gasteiger partial charge >= 0.3 is 6.18 Å². The van der Waals surface area contributed by atoms with E-state index in [9.17, 15) is 21.6 Å². The maximum atomic E-state index is 12.7. The Morgan fingerprint density at radius 3 is 2.10 bits per heavy atom. The Morgan fingerprint density at radius 2 is 1.57 bits per heavy atom. The minimum Gasteiger partial charge on any atom is -0.388 e. The van der Waals surface area contributed by atoms with Crippen LogP contribution in [0, 0.1) is 0 Å². The summed E-state index contributed by atoms with van der Waals surface area (Å²) >= 11 is 0. The second kappa shape index (κ2) is 5.40. The van der Waals surface area contributed by atoms with Crippen molar-refractivity contribution in [3.63, 3.8) is 0 Å². The van der Waals surface area contributed by atoms with E-state index < -0.39 is 21.6 Å². The molecular weight excluding hydrogens is 303 g/mol.